The van der Waals surface area contributed by atoms with E-state index in [4.69, 9.17) is 21.1 Å². The van der Waals surface area contributed by atoms with E-state index >= 15 is 0 Å². The highest BCUT2D eigenvalue weighted by Crippen LogP contribution is 2.37. The number of hydrogen-bond acceptors (Lipinski definition) is 3. The first-order valence-electron chi connectivity index (χ1n) is 7.16. The summed E-state index contributed by atoms with van der Waals surface area (Å²) < 4.78 is 11.9. The van der Waals surface area contributed by atoms with Crippen LogP contribution in [0.1, 0.15) is 11.1 Å². The molecule has 0 fully saturated rings. The number of methoxy groups -OCH3 is 1. The maximum Gasteiger partial charge on any atom is 0.175 e. The summed E-state index contributed by atoms with van der Waals surface area (Å²) in [7, 11) is 1.63. The van der Waals surface area contributed by atoms with Crippen LogP contribution in [-0.4, -0.2) is 13.7 Å². The van der Waals surface area contributed by atoms with Crippen molar-refractivity contribution in [3.05, 3.63) is 63.6 Å². The van der Waals surface area contributed by atoms with Gasteiger partial charge in [0.25, 0.3) is 0 Å². The van der Waals surface area contributed by atoms with Gasteiger partial charge in [0.15, 0.2) is 11.5 Å². The van der Waals surface area contributed by atoms with Gasteiger partial charge in [0.05, 0.1) is 11.6 Å². The van der Waals surface area contributed by atoms with Crippen LogP contribution in [0.15, 0.2) is 47.5 Å². The summed E-state index contributed by atoms with van der Waals surface area (Å²) >= 11 is 9.68. The van der Waals surface area contributed by atoms with Crippen LogP contribution >= 0.6 is 27.5 Å². The van der Waals surface area contributed by atoms with E-state index in [9.17, 15) is 0 Å². The molecule has 0 amide bonds. The molecule has 0 aromatic heterocycles. The number of anilines is 1. The lowest BCUT2D eigenvalue weighted by Crippen LogP contribution is -2.03. The van der Waals surface area contributed by atoms with E-state index in [-0.39, 0.29) is 0 Å². The molecule has 0 aliphatic carbocycles. The molecule has 0 aliphatic rings. The van der Waals surface area contributed by atoms with E-state index in [1.54, 1.807) is 13.2 Å². The van der Waals surface area contributed by atoms with Crippen molar-refractivity contribution in [1.29, 1.82) is 0 Å². The molecule has 0 saturated carbocycles. The van der Waals surface area contributed by atoms with Crippen LogP contribution < -0.4 is 14.8 Å². The van der Waals surface area contributed by atoms with Crippen LogP contribution in [0.3, 0.4) is 0 Å². The summed E-state index contributed by atoms with van der Waals surface area (Å²) in [5, 5.41) is 4.15. The maximum absolute atomic E-state index is 6.15. The van der Waals surface area contributed by atoms with Crippen molar-refractivity contribution in [2.75, 3.05) is 19.0 Å². The zero-order valence-corrected chi connectivity index (χ0v) is 15.5. The highest BCUT2D eigenvalue weighted by atomic mass is 79.9. The number of halogens is 2. The lowest BCUT2D eigenvalue weighted by atomic mass is 10.1. The third-order valence-corrected chi connectivity index (χ3v) is 4.38. The zero-order valence-electron chi connectivity index (χ0n) is 13.2. The fraction of sp³-hybridized carbons (Fsp3) is 0.222. The fourth-order valence-corrected chi connectivity index (χ4v) is 2.93. The minimum atomic E-state index is 0.425. The molecule has 5 heteroatoms. The van der Waals surface area contributed by atoms with Crippen LogP contribution in [0.2, 0.25) is 5.02 Å². The van der Waals surface area contributed by atoms with Gasteiger partial charge in [-0.15, -0.1) is 0 Å². The Kier molecular flexibility index (Phi) is 6.37. The SMILES string of the molecule is C=CCOc1c(Br)cc(CNc2cccc(Cl)c2C)cc1OC. The van der Waals surface area contributed by atoms with Crippen molar-refractivity contribution >= 4 is 33.2 Å². The van der Waals surface area contributed by atoms with Gasteiger partial charge < -0.3 is 14.8 Å². The van der Waals surface area contributed by atoms with Crippen molar-refractivity contribution in [2.24, 2.45) is 0 Å². The van der Waals surface area contributed by atoms with Crippen molar-refractivity contribution in [1.82, 2.24) is 0 Å². The zero-order chi connectivity index (χ0) is 16.8. The Balaban J connectivity index is 2.18. The minimum Gasteiger partial charge on any atom is -0.493 e. The van der Waals surface area contributed by atoms with Gasteiger partial charge in [0, 0.05) is 17.3 Å². The number of hydrogen-bond donors (Lipinski definition) is 1. The lowest BCUT2D eigenvalue weighted by molar-refractivity contribution is 0.324. The predicted octanol–water partition coefficient (Wildman–Crippen LogP) is 5.60. The van der Waals surface area contributed by atoms with E-state index in [0.29, 0.717) is 24.7 Å². The van der Waals surface area contributed by atoms with Gasteiger partial charge in [-0.1, -0.05) is 30.3 Å². The summed E-state index contributed by atoms with van der Waals surface area (Å²) in [6.07, 6.45) is 1.70. The Morgan fingerprint density at radius 1 is 1.35 bits per heavy atom. The largest absolute Gasteiger partial charge is 0.493 e. The number of rotatable bonds is 7. The summed E-state index contributed by atoms with van der Waals surface area (Å²) in [6, 6.07) is 9.78. The molecule has 1 N–H and O–H groups in total. The molecule has 0 radical (unpaired) electrons. The van der Waals surface area contributed by atoms with Crippen molar-refractivity contribution in [3.8, 4) is 11.5 Å². The Morgan fingerprint density at radius 3 is 2.83 bits per heavy atom. The highest BCUT2D eigenvalue weighted by Gasteiger charge is 2.11. The second-order valence-corrected chi connectivity index (χ2v) is 6.24. The Bertz CT molecular complexity index is 704. The quantitative estimate of drug-likeness (QED) is 0.618. The molecule has 3 nitrogen and oxygen atoms in total. The second-order valence-electron chi connectivity index (χ2n) is 4.97. The standard InChI is InChI=1S/C18H19BrClNO2/c1-4-8-23-18-14(19)9-13(10-17(18)22-3)11-21-16-7-5-6-15(20)12(16)2/h4-7,9-10,21H,1,8,11H2,2-3H3. The van der Waals surface area contributed by atoms with Gasteiger partial charge in [0.2, 0.25) is 0 Å². The van der Waals surface area contributed by atoms with E-state index in [0.717, 1.165) is 26.3 Å². The molecule has 23 heavy (non-hydrogen) atoms. The fourth-order valence-electron chi connectivity index (χ4n) is 2.15. The summed E-state index contributed by atoms with van der Waals surface area (Å²) in [5.74, 6) is 1.36. The number of ether oxygens (including phenoxy) is 2. The lowest BCUT2D eigenvalue weighted by Gasteiger charge is -2.15. The van der Waals surface area contributed by atoms with Crippen LogP contribution in [-0.2, 0) is 6.54 Å². The predicted molar refractivity (Wildman–Crippen MR) is 99.9 cm³/mol. The van der Waals surface area contributed by atoms with Gasteiger partial charge in [-0.25, -0.2) is 0 Å². The normalized spacial score (nSPS) is 10.3. The number of nitrogens with one attached hydrogen (secondary N) is 1. The van der Waals surface area contributed by atoms with Crippen molar-refractivity contribution in [3.63, 3.8) is 0 Å². The summed E-state index contributed by atoms with van der Waals surface area (Å²) in [6.45, 7) is 6.72. The molecule has 2 aromatic rings. The second kappa shape index (κ2) is 8.27. The third kappa shape index (κ3) is 4.43. The molecule has 2 rings (SSSR count). The number of benzene rings is 2. The van der Waals surface area contributed by atoms with Gasteiger partial charge in [-0.05, 0) is 58.2 Å². The van der Waals surface area contributed by atoms with Crippen LogP contribution in [0.5, 0.6) is 11.5 Å². The average molecular weight is 397 g/mol. The smallest absolute Gasteiger partial charge is 0.175 e. The van der Waals surface area contributed by atoms with Crippen molar-refractivity contribution in [2.45, 2.75) is 13.5 Å². The van der Waals surface area contributed by atoms with E-state index in [2.05, 4.69) is 27.8 Å². The molecule has 0 aliphatic heterocycles. The highest BCUT2D eigenvalue weighted by molar-refractivity contribution is 9.10. The van der Waals surface area contributed by atoms with Gasteiger partial charge in [0.1, 0.15) is 6.61 Å². The topological polar surface area (TPSA) is 30.5 Å². The molecular weight excluding hydrogens is 378 g/mol. The maximum atomic E-state index is 6.15. The van der Waals surface area contributed by atoms with Gasteiger partial charge in [-0.3, -0.25) is 0 Å². The monoisotopic (exact) mass is 395 g/mol. The van der Waals surface area contributed by atoms with E-state index in [1.807, 2.05) is 37.3 Å². The minimum absolute atomic E-state index is 0.425. The van der Waals surface area contributed by atoms with Crippen LogP contribution in [0, 0.1) is 6.92 Å². The summed E-state index contributed by atoms with van der Waals surface area (Å²) in [5.41, 5.74) is 3.12. The van der Waals surface area contributed by atoms with Crippen molar-refractivity contribution < 1.29 is 9.47 Å². The molecule has 0 bridgehead atoms. The first-order valence-corrected chi connectivity index (χ1v) is 8.33. The van der Waals surface area contributed by atoms with Crippen LogP contribution in [0.25, 0.3) is 0 Å². The van der Waals surface area contributed by atoms with E-state index < -0.39 is 0 Å². The van der Waals surface area contributed by atoms with E-state index in [1.165, 1.54) is 0 Å². The molecule has 122 valence electrons. The van der Waals surface area contributed by atoms with Crippen LogP contribution in [0.4, 0.5) is 5.69 Å². The van der Waals surface area contributed by atoms with Gasteiger partial charge >= 0.3 is 0 Å². The third-order valence-electron chi connectivity index (χ3n) is 3.39. The average Bonchev–Trinajstić information content (AvgIpc) is 2.54. The Labute approximate surface area is 150 Å². The first-order chi connectivity index (χ1) is 11.1. The first kappa shape index (κ1) is 17.7. The Hall–Kier alpha value is -1.65. The molecule has 0 atom stereocenters. The van der Waals surface area contributed by atoms with Gasteiger partial charge in [-0.2, -0.15) is 0 Å². The summed E-state index contributed by atoms with van der Waals surface area (Å²) in [4.78, 5) is 0. The Morgan fingerprint density at radius 2 is 2.13 bits per heavy atom. The molecule has 0 heterocycles. The molecule has 2 aromatic carbocycles. The molecular formula is C18H19BrClNO2. The molecule has 0 unspecified atom stereocenters. The molecule has 0 saturated heterocycles. The molecule has 0 spiro atoms.